The highest BCUT2D eigenvalue weighted by Gasteiger charge is 2.65. The van der Waals surface area contributed by atoms with Crippen LogP contribution in [0.15, 0.2) is 40.7 Å². The van der Waals surface area contributed by atoms with Crippen molar-refractivity contribution in [3.8, 4) is 17.2 Å². The van der Waals surface area contributed by atoms with E-state index >= 15 is 0 Å². The van der Waals surface area contributed by atoms with Gasteiger partial charge in [0.1, 0.15) is 11.0 Å². The second kappa shape index (κ2) is 4.37. The lowest BCUT2D eigenvalue weighted by atomic mass is 10.0. The lowest BCUT2D eigenvalue weighted by molar-refractivity contribution is 0.364. The van der Waals surface area contributed by atoms with Crippen LogP contribution in [-0.2, 0) is 0 Å². The van der Waals surface area contributed by atoms with Crippen molar-refractivity contribution in [2.24, 2.45) is 0 Å². The van der Waals surface area contributed by atoms with Gasteiger partial charge in [-0.1, -0.05) is 31.6 Å². The largest absolute Gasteiger partial charge is 0.398 e. The minimum Gasteiger partial charge on any atom is -0.398 e. The Morgan fingerprint density at radius 1 is 1.08 bits per heavy atom. The van der Waals surface area contributed by atoms with E-state index in [1.54, 1.807) is 0 Å². The van der Waals surface area contributed by atoms with E-state index in [2.05, 4.69) is 4.98 Å². The Kier molecular flexibility index (Phi) is 3.00. The van der Waals surface area contributed by atoms with Crippen molar-refractivity contribution in [3.63, 3.8) is 0 Å². The summed E-state index contributed by atoms with van der Waals surface area (Å²) in [4.78, 5) is 2.13. The first-order chi connectivity index (χ1) is 10.9. The summed E-state index contributed by atoms with van der Waals surface area (Å²) in [7, 11) is -9.71. The number of benzene rings is 2. The predicted octanol–water partition coefficient (Wildman–Crippen LogP) is 6.07. The average Bonchev–Trinajstić information content (AvgIpc) is 2.93. The Hall–Kier alpha value is -2.38. The van der Waals surface area contributed by atoms with Crippen molar-refractivity contribution in [2.45, 2.75) is 4.90 Å². The maximum absolute atomic E-state index is 12.8. The number of aromatic nitrogens is 1. The summed E-state index contributed by atoms with van der Waals surface area (Å²) in [5.41, 5.74) is 8.63. The van der Waals surface area contributed by atoms with Gasteiger partial charge in [-0.2, -0.15) is 5.26 Å². The van der Waals surface area contributed by atoms with Crippen molar-refractivity contribution in [2.75, 3.05) is 5.73 Å². The van der Waals surface area contributed by atoms with Crippen LogP contribution in [0.3, 0.4) is 0 Å². The Labute approximate surface area is 136 Å². The molecule has 0 amide bonds. The van der Waals surface area contributed by atoms with Gasteiger partial charge in [0.05, 0.1) is 27.0 Å². The molecule has 0 atom stereocenters. The summed E-state index contributed by atoms with van der Waals surface area (Å²) in [5, 5.41) is 9.12. The highest BCUT2D eigenvalue weighted by Crippen LogP contribution is 3.02. The van der Waals surface area contributed by atoms with Crippen LogP contribution in [0.1, 0.15) is 5.56 Å². The molecule has 126 valence electrons. The number of thiazole rings is 1. The van der Waals surface area contributed by atoms with Crippen molar-refractivity contribution < 1.29 is 19.4 Å². The lowest BCUT2D eigenvalue weighted by Crippen LogP contribution is -2.05. The molecule has 2 N–H and O–H groups in total. The standard InChI is InChI=1S/C14H8F5N3S2/c15-24(16,17,18,19)9-3-1-8(2-4-9)10-5-12(21)11(6-20)14-13(10)22-7-23-14/h1-5,7H,21H2. The van der Waals surface area contributed by atoms with Gasteiger partial charge in [0.25, 0.3) is 0 Å². The molecule has 3 aromatic rings. The van der Waals surface area contributed by atoms with Gasteiger partial charge in [0.2, 0.25) is 0 Å². The average molecular weight is 377 g/mol. The monoisotopic (exact) mass is 377 g/mol. The molecule has 0 saturated heterocycles. The molecule has 0 saturated carbocycles. The van der Waals surface area contributed by atoms with Crippen molar-refractivity contribution in [1.29, 1.82) is 5.26 Å². The van der Waals surface area contributed by atoms with Crippen LogP contribution >= 0.6 is 21.6 Å². The van der Waals surface area contributed by atoms with Gasteiger partial charge in [-0.15, -0.1) is 11.3 Å². The molecule has 3 rings (SSSR count). The van der Waals surface area contributed by atoms with E-state index in [9.17, 15) is 19.4 Å². The number of hydrogen-bond acceptors (Lipinski definition) is 4. The van der Waals surface area contributed by atoms with Gasteiger partial charge >= 0.3 is 10.2 Å². The van der Waals surface area contributed by atoms with Crippen LogP contribution in [0.2, 0.25) is 0 Å². The summed E-state index contributed by atoms with van der Waals surface area (Å²) in [6.45, 7) is 0. The van der Waals surface area contributed by atoms with Gasteiger partial charge in [0, 0.05) is 5.56 Å². The number of fused-ring (bicyclic) bond motifs is 1. The SMILES string of the molecule is N#Cc1c(N)cc(-c2ccc(S(F)(F)(F)(F)F)cc2)c2ncsc12. The van der Waals surface area contributed by atoms with E-state index in [1.165, 1.54) is 11.6 Å². The number of nitrogen functional groups attached to an aromatic ring is 1. The summed E-state index contributed by atoms with van der Waals surface area (Å²) < 4.78 is 64.4. The molecule has 1 heterocycles. The van der Waals surface area contributed by atoms with Gasteiger partial charge in [-0.25, -0.2) is 4.98 Å². The van der Waals surface area contributed by atoms with E-state index in [0.717, 1.165) is 23.5 Å². The van der Waals surface area contributed by atoms with Crippen LogP contribution in [0.4, 0.5) is 25.1 Å². The Bertz CT molecular complexity index is 1000. The molecule has 0 aliphatic carbocycles. The quantitative estimate of drug-likeness (QED) is 0.435. The molecule has 0 aliphatic heterocycles. The molecule has 0 radical (unpaired) electrons. The highest BCUT2D eigenvalue weighted by atomic mass is 32.5. The number of anilines is 1. The lowest BCUT2D eigenvalue weighted by Gasteiger charge is -2.40. The van der Waals surface area contributed by atoms with Gasteiger partial charge in [-0.05, 0) is 23.8 Å². The molecule has 0 unspecified atom stereocenters. The molecule has 10 heteroatoms. The molecule has 0 bridgehead atoms. The summed E-state index contributed by atoms with van der Waals surface area (Å²) >= 11 is 1.16. The van der Waals surface area contributed by atoms with Gasteiger partial charge in [0.15, 0.2) is 0 Å². The Morgan fingerprint density at radius 3 is 2.25 bits per heavy atom. The van der Waals surface area contributed by atoms with Crippen LogP contribution in [0, 0.1) is 11.3 Å². The number of rotatable bonds is 2. The van der Waals surface area contributed by atoms with E-state index in [-0.39, 0.29) is 16.8 Å². The summed E-state index contributed by atoms with van der Waals surface area (Å²) in [6, 6.07) is 5.89. The number of halogens is 5. The second-order valence-electron chi connectivity index (χ2n) is 5.02. The maximum atomic E-state index is 12.8. The maximum Gasteiger partial charge on any atom is 0.310 e. The third kappa shape index (κ3) is 2.76. The number of nitriles is 1. The Balaban J connectivity index is 2.21. The first-order valence-electron chi connectivity index (χ1n) is 6.31. The number of nitrogens with zero attached hydrogens (tertiary/aromatic N) is 2. The minimum absolute atomic E-state index is 0.140. The van der Waals surface area contributed by atoms with Crippen molar-refractivity contribution in [1.82, 2.24) is 4.98 Å². The highest BCUT2D eigenvalue weighted by molar-refractivity contribution is 8.45. The van der Waals surface area contributed by atoms with Crippen LogP contribution in [-0.4, -0.2) is 4.98 Å². The van der Waals surface area contributed by atoms with E-state index in [1.807, 2.05) is 6.07 Å². The Morgan fingerprint density at radius 2 is 1.71 bits per heavy atom. The molecular formula is C14H8F5N3S2. The fraction of sp³-hybridized carbons (Fsp3) is 0. The van der Waals surface area contributed by atoms with Crippen molar-refractivity contribution in [3.05, 3.63) is 41.4 Å². The molecule has 0 aliphatic rings. The van der Waals surface area contributed by atoms with Crippen LogP contribution < -0.4 is 5.73 Å². The third-order valence-corrected chi connectivity index (χ3v) is 5.37. The van der Waals surface area contributed by atoms with Crippen molar-refractivity contribution >= 4 is 37.5 Å². The molecular weight excluding hydrogens is 369 g/mol. The molecule has 24 heavy (non-hydrogen) atoms. The normalized spacial score (nSPS) is 14.8. The topological polar surface area (TPSA) is 62.7 Å². The van der Waals surface area contributed by atoms with E-state index in [4.69, 9.17) is 11.0 Å². The fourth-order valence-electron chi connectivity index (χ4n) is 2.27. The third-order valence-electron chi connectivity index (χ3n) is 3.36. The molecule has 0 spiro atoms. The molecule has 3 nitrogen and oxygen atoms in total. The zero-order valence-electron chi connectivity index (χ0n) is 11.6. The fourth-order valence-corrected chi connectivity index (χ4v) is 3.74. The summed E-state index contributed by atoms with van der Waals surface area (Å²) in [6.07, 6.45) is 0. The molecule has 0 fully saturated rings. The van der Waals surface area contributed by atoms with Crippen LogP contribution in [0.5, 0.6) is 0 Å². The van der Waals surface area contributed by atoms with Gasteiger partial charge < -0.3 is 5.73 Å². The first-order valence-corrected chi connectivity index (χ1v) is 9.14. The summed E-state index contributed by atoms with van der Waals surface area (Å²) in [5.74, 6) is 0. The number of nitrogens with two attached hydrogens (primary N) is 1. The molecule has 2 aromatic carbocycles. The number of hydrogen-bond donors (Lipinski definition) is 1. The van der Waals surface area contributed by atoms with Crippen LogP contribution in [0.25, 0.3) is 21.3 Å². The zero-order chi connectivity index (χ0) is 17.8. The zero-order valence-corrected chi connectivity index (χ0v) is 13.3. The predicted molar refractivity (Wildman–Crippen MR) is 85.6 cm³/mol. The second-order valence-corrected chi connectivity index (χ2v) is 8.29. The first kappa shape index (κ1) is 16.5. The van der Waals surface area contributed by atoms with E-state index in [0.29, 0.717) is 27.9 Å². The minimum atomic E-state index is -9.71. The van der Waals surface area contributed by atoms with E-state index < -0.39 is 15.1 Å². The van der Waals surface area contributed by atoms with Gasteiger partial charge in [-0.3, -0.25) is 0 Å². The smallest absolute Gasteiger partial charge is 0.310 e. The molecule has 1 aromatic heterocycles.